The molecule has 0 aliphatic heterocycles. The largest absolute Gasteiger partial charge is 0.497 e. The zero-order chi connectivity index (χ0) is 12.7. The average Bonchev–Trinajstić information content (AvgIpc) is 2.38. The molecule has 7 heteroatoms. The fourth-order valence-electron chi connectivity index (χ4n) is 1.13. The zero-order valence-corrected chi connectivity index (χ0v) is 9.52. The van der Waals surface area contributed by atoms with E-state index in [9.17, 15) is 0 Å². The summed E-state index contributed by atoms with van der Waals surface area (Å²) in [5, 5.41) is 19.1. The molecule has 0 bridgehead atoms. The SMILES string of the molecule is COc1ccc(OC)c(/C=N/NC(=N)NO)c1. The first-order chi connectivity index (χ1) is 8.21. The first-order valence-electron chi connectivity index (χ1n) is 4.71. The Morgan fingerprint density at radius 2 is 2.18 bits per heavy atom. The van der Waals surface area contributed by atoms with Crippen LogP contribution >= 0.6 is 0 Å². The highest BCUT2D eigenvalue weighted by Crippen LogP contribution is 2.22. The van der Waals surface area contributed by atoms with Crippen LogP contribution in [0.3, 0.4) is 0 Å². The molecule has 0 amide bonds. The summed E-state index contributed by atoms with van der Waals surface area (Å²) in [6.07, 6.45) is 1.45. The standard InChI is InChI=1S/C10H14N4O3/c1-16-8-3-4-9(17-2)7(5-8)6-12-13-10(11)14-15/h3-6,15H,1-2H3,(H3,11,13,14)/b12-6+. The summed E-state index contributed by atoms with van der Waals surface area (Å²) in [5.41, 5.74) is 4.55. The number of hydrogen-bond acceptors (Lipinski definition) is 5. The summed E-state index contributed by atoms with van der Waals surface area (Å²) in [6, 6.07) is 5.25. The normalized spacial score (nSPS) is 10.1. The van der Waals surface area contributed by atoms with Crippen LogP contribution < -0.4 is 20.4 Å². The maximum atomic E-state index is 8.36. The van der Waals surface area contributed by atoms with Crippen LogP contribution in [-0.4, -0.2) is 31.6 Å². The molecule has 0 saturated heterocycles. The van der Waals surface area contributed by atoms with E-state index in [0.717, 1.165) is 0 Å². The molecule has 1 aromatic carbocycles. The van der Waals surface area contributed by atoms with Gasteiger partial charge in [0.1, 0.15) is 11.5 Å². The van der Waals surface area contributed by atoms with Crippen molar-refractivity contribution < 1.29 is 14.7 Å². The predicted octanol–water partition coefficient (Wildman–Crippen LogP) is 0.541. The van der Waals surface area contributed by atoms with Gasteiger partial charge in [0.15, 0.2) is 0 Å². The van der Waals surface area contributed by atoms with E-state index in [0.29, 0.717) is 17.1 Å². The minimum Gasteiger partial charge on any atom is -0.497 e. The van der Waals surface area contributed by atoms with Gasteiger partial charge in [-0.1, -0.05) is 0 Å². The molecular formula is C10H14N4O3. The topological polar surface area (TPSA) is 99.0 Å². The molecule has 0 saturated carbocycles. The average molecular weight is 238 g/mol. The van der Waals surface area contributed by atoms with Crippen molar-refractivity contribution in [3.8, 4) is 11.5 Å². The number of methoxy groups -OCH3 is 2. The molecule has 17 heavy (non-hydrogen) atoms. The Kier molecular flexibility index (Phi) is 4.77. The monoisotopic (exact) mass is 238 g/mol. The minimum absolute atomic E-state index is 0.330. The van der Waals surface area contributed by atoms with Gasteiger partial charge in [-0.05, 0) is 18.2 Å². The molecule has 0 fully saturated rings. The van der Waals surface area contributed by atoms with Gasteiger partial charge < -0.3 is 9.47 Å². The maximum absolute atomic E-state index is 8.36. The van der Waals surface area contributed by atoms with Gasteiger partial charge in [0.2, 0.25) is 5.96 Å². The summed E-state index contributed by atoms with van der Waals surface area (Å²) in [5.74, 6) is 0.963. The number of hydroxylamine groups is 1. The van der Waals surface area contributed by atoms with Gasteiger partial charge in [0, 0.05) is 5.56 Å². The van der Waals surface area contributed by atoms with Crippen LogP contribution in [0.5, 0.6) is 11.5 Å². The van der Waals surface area contributed by atoms with E-state index >= 15 is 0 Å². The van der Waals surface area contributed by atoms with Crippen molar-refractivity contribution in [2.75, 3.05) is 14.2 Å². The van der Waals surface area contributed by atoms with Crippen LogP contribution in [0, 0.1) is 5.41 Å². The van der Waals surface area contributed by atoms with Crippen LogP contribution in [0.2, 0.25) is 0 Å². The molecule has 0 aliphatic carbocycles. The Morgan fingerprint density at radius 1 is 1.41 bits per heavy atom. The highest BCUT2D eigenvalue weighted by atomic mass is 16.5. The number of nitrogens with one attached hydrogen (secondary N) is 3. The molecule has 1 rings (SSSR count). The third-order valence-electron chi connectivity index (χ3n) is 1.93. The van der Waals surface area contributed by atoms with Crippen molar-refractivity contribution in [3.63, 3.8) is 0 Å². The van der Waals surface area contributed by atoms with Crippen LogP contribution in [0.1, 0.15) is 5.56 Å². The van der Waals surface area contributed by atoms with Gasteiger partial charge in [-0.2, -0.15) is 5.10 Å². The first kappa shape index (κ1) is 12.8. The minimum atomic E-state index is -0.330. The first-order valence-corrected chi connectivity index (χ1v) is 4.71. The van der Waals surface area contributed by atoms with Crippen molar-refractivity contribution in [1.29, 1.82) is 5.41 Å². The van der Waals surface area contributed by atoms with Gasteiger partial charge in [-0.3, -0.25) is 10.6 Å². The van der Waals surface area contributed by atoms with Crippen molar-refractivity contribution in [2.24, 2.45) is 5.10 Å². The van der Waals surface area contributed by atoms with E-state index in [1.54, 1.807) is 37.9 Å². The number of hydrogen-bond donors (Lipinski definition) is 4. The van der Waals surface area contributed by atoms with E-state index in [1.807, 2.05) is 0 Å². The molecule has 0 aromatic heterocycles. The van der Waals surface area contributed by atoms with E-state index < -0.39 is 0 Å². The number of rotatable bonds is 4. The second-order valence-electron chi connectivity index (χ2n) is 2.96. The van der Waals surface area contributed by atoms with E-state index in [2.05, 4.69) is 10.5 Å². The summed E-state index contributed by atoms with van der Waals surface area (Å²) in [6.45, 7) is 0. The van der Waals surface area contributed by atoms with Crippen molar-refractivity contribution in [1.82, 2.24) is 10.9 Å². The predicted molar refractivity (Wildman–Crippen MR) is 62.9 cm³/mol. The molecule has 92 valence electrons. The molecule has 7 nitrogen and oxygen atoms in total. The maximum Gasteiger partial charge on any atom is 0.233 e. The number of hydrazone groups is 1. The molecule has 0 heterocycles. The van der Waals surface area contributed by atoms with Gasteiger partial charge in [0.25, 0.3) is 0 Å². The van der Waals surface area contributed by atoms with Crippen molar-refractivity contribution >= 4 is 12.2 Å². The van der Waals surface area contributed by atoms with Crippen molar-refractivity contribution in [2.45, 2.75) is 0 Å². The summed E-state index contributed by atoms with van der Waals surface area (Å²) in [4.78, 5) is 0. The lowest BCUT2D eigenvalue weighted by atomic mass is 10.2. The quantitative estimate of drug-likeness (QED) is 0.348. The van der Waals surface area contributed by atoms with Crippen LogP contribution in [0.15, 0.2) is 23.3 Å². The molecule has 4 N–H and O–H groups in total. The van der Waals surface area contributed by atoms with Gasteiger partial charge in [0.05, 0.1) is 20.4 Å². The summed E-state index contributed by atoms with van der Waals surface area (Å²) >= 11 is 0. The molecule has 0 unspecified atom stereocenters. The number of guanidine groups is 1. The summed E-state index contributed by atoms with van der Waals surface area (Å²) in [7, 11) is 3.11. The van der Waals surface area contributed by atoms with E-state index in [4.69, 9.17) is 20.1 Å². The Bertz CT molecular complexity index is 420. The highest BCUT2D eigenvalue weighted by Gasteiger charge is 2.02. The number of ether oxygens (including phenoxy) is 2. The van der Waals surface area contributed by atoms with Gasteiger partial charge >= 0.3 is 0 Å². The molecule has 0 radical (unpaired) electrons. The smallest absolute Gasteiger partial charge is 0.233 e. The number of benzene rings is 1. The molecule has 0 atom stereocenters. The van der Waals surface area contributed by atoms with E-state index in [1.165, 1.54) is 6.21 Å². The van der Waals surface area contributed by atoms with Gasteiger partial charge in [-0.25, -0.2) is 10.9 Å². The third kappa shape index (κ3) is 3.65. The molecular weight excluding hydrogens is 224 g/mol. The Balaban J connectivity index is 2.83. The Morgan fingerprint density at radius 3 is 2.76 bits per heavy atom. The second-order valence-corrected chi connectivity index (χ2v) is 2.96. The van der Waals surface area contributed by atoms with Crippen LogP contribution in [-0.2, 0) is 0 Å². The van der Waals surface area contributed by atoms with Crippen molar-refractivity contribution in [3.05, 3.63) is 23.8 Å². The Labute approximate surface area is 98.5 Å². The molecule has 0 spiro atoms. The van der Waals surface area contributed by atoms with Gasteiger partial charge in [-0.15, -0.1) is 0 Å². The third-order valence-corrected chi connectivity index (χ3v) is 1.93. The lowest BCUT2D eigenvalue weighted by Gasteiger charge is -2.06. The van der Waals surface area contributed by atoms with Crippen LogP contribution in [0.25, 0.3) is 0 Å². The lowest BCUT2D eigenvalue weighted by Crippen LogP contribution is -2.30. The number of nitrogens with zero attached hydrogens (tertiary/aromatic N) is 1. The fourth-order valence-corrected chi connectivity index (χ4v) is 1.13. The molecule has 0 aliphatic rings. The van der Waals surface area contributed by atoms with E-state index in [-0.39, 0.29) is 5.96 Å². The fraction of sp³-hybridized carbons (Fsp3) is 0.200. The summed E-state index contributed by atoms with van der Waals surface area (Å²) < 4.78 is 10.2. The Hall–Kier alpha value is -2.28. The molecule has 1 aromatic rings. The second kappa shape index (κ2) is 6.33. The highest BCUT2D eigenvalue weighted by molar-refractivity contribution is 5.85. The van der Waals surface area contributed by atoms with Crippen LogP contribution in [0.4, 0.5) is 0 Å². The lowest BCUT2D eigenvalue weighted by molar-refractivity contribution is 0.228. The zero-order valence-electron chi connectivity index (χ0n) is 9.52.